The first kappa shape index (κ1) is 55.7. The average molecular weight is 758 g/mol. The average Bonchev–Trinajstić information content (AvgIpc) is 3.03. The molecule has 0 spiro atoms. The van der Waals surface area contributed by atoms with E-state index in [0.717, 1.165) is 25.2 Å². The number of aliphatic hydroxyl groups is 1. The van der Waals surface area contributed by atoms with Gasteiger partial charge in [0.2, 0.25) is 0 Å². The van der Waals surface area contributed by atoms with E-state index in [-0.39, 0.29) is 73.9 Å². The molecular formula is C45H91NO7. The van der Waals surface area contributed by atoms with Crippen LogP contribution in [0.3, 0.4) is 0 Å². The lowest BCUT2D eigenvalue weighted by atomic mass is 9.73. The van der Waals surface area contributed by atoms with Crippen LogP contribution in [0.5, 0.6) is 0 Å². The van der Waals surface area contributed by atoms with Gasteiger partial charge >= 0.3 is 17.9 Å². The minimum atomic E-state index is -0.441. The predicted octanol–water partition coefficient (Wildman–Crippen LogP) is 10.9. The van der Waals surface area contributed by atoms with Gasteiger partial charge in [0.25, 0.3) is 0 Å². The highest BCUT2D eigenvalue weighted by Crippen LogP contribution is 2.35. The van der Waals surface area contributed by atoms with E-state index < -0.39 is 5.41 Å². The summed E-state index contributed by atoms with van der Waals surface area (Å²) in [6.45, 7) is 37.3. The van der Waals surface area contributed by atoms with Crippen molar-refractivity contribution < 1.29 is 33.7 Å². The van der Waals surface area contributed by atoms with Gasteiger partial charge < -0.3 is 24.6 Å². The summed E-state index contributed by atoms with van der Waals surface area (Å²) in [4.78, 5) is 36.2. The Morgan fingerprint density at radius 3 is 1.34 bits per heavy atom. The fourth-order valence-corrected chi connectivity index (χ4v) is 6.10. The van der Waals surface area contributed by atoms with Crippen molar-refractivity contribution in [2.75, 3.05) is 33.0 Å². The number of unbranched alkanes of at least 4 members (excludes halogenated alkanes) is 4. The zero-order valence-electron chi connectivity index (χ0n) is 38.1. The summed E-state index contributed by atoms with van der Waals surface area (Å²) in [5.41, 5.74) is -0.441. The molecule has 0 saturated heterocycles. The highest BCUT2D eigenvalue weighted by Gasteiger charge is 2.38. The van der Waals surface area contributed by atoms with Gasteiger partial charge in [-0.3, -0.25) is 14.4 Å². The first-order chi connectivity index (χ1) is 24.5. The zero-order chi connectivity index (χ0) is 41.7. The topological polar surface area (TPSA) is 111 Å². The van der Waals surface area contributed by atoms with Gasteiger partial charge in [0.1, 0.15) is 19.8 Å². The van der Waals surface area contributed by atoms with Crippen molar-refractivity contribution in [3.05, 3.63) is 0 Å². The van der Waals surface area contributed by atoms with Crippen molar-refractivity contribution in [3.8, 4) is 0 Å². The molecule has 0 aliphatic heterocycles. The summed E-state index contributed by atoms with van der Waals surface area (Å²) >= 11 is 0. The second-order valence-corrected chi connectivity index (χ2v) is 18.4. The van der Waals surface area contributed by atoms with Gasteiger partial charge in [-0.15, -0.1) is 0 Å². The largest absolute Gasteiger partial charge is 0.463 e. The van der Waals surface area contributed by atoms with Gasteiger partial charge in [0.05, 0.1) is 23.9 Å². The molecule has 0 aromatic heterocycles. The Bertz CT molecular complexity index is 847. The molecule has 8 nitrogen and oxygen atoms in total. The van der Waals surface area contributed by atoms with Crippen LogP contribution in [0.4, 0.5) is 0 Å². The van der Waals surface area contributed by atoms with Crippen LogP contribution < -0.4 is 5.32 Å². The number of esters is 3. The SMILES string of the molecule is CC(C)CC(C(=O)OCCOC(=O)C(CC(C)C)C(C)C)C(C)C.CC(C)CC(C)(C(=O)OCCO)C(C)C.CC(C)CCCCCCCNC(C)C. The molecule has 0 bridgehead atoms. The number of aliphatic hydroxyl groups excluding tert-OH is 1. The number of carbonyl (C=O) groups is 3. The minimum absolute atomic E-state index is 0.0925. The van der Waals surface area contributed by atoms with Gasteiger partial charge in [0, 0.05) is 6.04 Å². The third-order valence-electron chi connectivity index (χ3n) is 9.65. The van der Waals surface area contributed by atoms with E-state index >= 15 is 0 Å². The van der Waals surface area contributed by atoms with E-state index in [1.165, 1.54) is 45.1 Å². The molecule has 318 valence electrons. The van der Waals surface area contributed by atoms with Crippen LogP contribution in [0, 0.1) is 58.7 Å². The summed E-state index contributed by atoms with van der Waals surface area (Å²) in [6.07, 6.45) is 10.9. The molecule has 0 radical (unpaired) electrons. The molecule has 0 amide bonds. The fraction of sp³-hybridized carbons (Fsp3) is 0.933. The fourth-order valence-electron chi connectivity index (χ4n) is 6.10. The van der Waals surface area contributed by atoms with Crippen LogP contribution in [-0.2, 0) is 28.6 Å². The van der Waals surface area contributed by atoms with Crippen molar-refractivity contribution in [2.24, 2.45) is 58.7 Å². The molecule has 0 heterocycles. The van der Waals surface area contributed by atoms with E-state index in [4.69, 9.17) is 19.3 Å². The third kappa shape index (κ3) is 31.3. The molecule has 53 heavy (non-hydrogen) atoms. The number of hydrogen-bond acceptors (Lipinski definition) is 8. The van der Waals surface area contributed by atoms with Crippen LogP contribution in [-0.4, -0.2) is 62.0 Å². The van der Waals surface area contributed by atoms with Crippen molar-refractivity contribution >= 4 is 17.9 Å². The normalized spacial score (nSPS) is 13.9. The first-order valence-corrected chi connectivity index (χ1v) is 21.4. The van der Waals surface area contributed by atoms with E-state index in [1.807, 2.05) is 48.5 Å². The molecule has 0 aromatic carbocycles. The molecule has 0 aliphatic rings. The lowest BCUT2D eigenvalue weighted by molar-refractivity contribution is -0.160. The summed E-state index contributed by atoms with van der Waals surface area (Å²) in [5.74, 6) is 2.24. The Morgan fingerprint density at radius 2 is 1.00 bits per heavy atom. The lowest BCUT2D eigenvalue weighted by Crippen LogP contribution is -2.36. The number of ether oxygens (including phenoxy) is 3. The summed E-state index contributed by atoms with van der Waals surface area (Å²) in [5, 5.41) is 12.1. The third-order valence-corrected chi connectivity index (χ3v) is 9.65. The van der Waals surface area contributed by atoms with E-state index in [2.05, 4.69) is 74.6 Å². The van der Waals surface area contributed by atoms with Gasteiger partial charge in [0.15, 0.2) is 0 Å². The maximum atomic E-state index is 12.2. The summed E-state index contributed by atoms with van der Waals surface area (Å²) in [6, 6.07) is 0.649. The van der Waals surface area contributed by atoms with Gasteiger partial charge in [-0.1, -0.05) is 143 Å². The molecule has 3 atom stereocenters. The molecule has 2 N–H and O–H groups in total. The van der Waals surface area contributed by atoms with E-state index in [9.17, 15) is 14.4 Å². The van der Waals surface area contributed by atoms with Gasteiger partial charge in [-0.2, -0.15) is 0 Å². The van der Waals surface area contributed by atoms with E-state index in [1.54, 1.807) is 0 Å². The zero-order valence-corrected chi connectivity index (χ0v) is 38.1. The number of nitrogens with one attached hydrogen (secondary N) is 1. The van der Waals surface area contributed by atoms with Crippen LogP contribution >= 0.6 is 0 Å². The van der Waals surface area contributed by atoms with E-state index in [0.29, 0.717) is 23.8 Å². The second kappa shape index (κ2) is 32.6. The van der Waals surface area contributed by atoms with Crippen LogP contribution in [0.15, 0.2) is 0 Å². The predicted molar refractivity (Wildman–Crippen MR) is 224 cm³/mol. The lowest BCUT2D eigenvalue weighted by Gasteiger charge is -2.32. The number of rotatable bonds is 26. The Hall–Kier alpha value is -1.67. The maximum Gasteiger partial charge on any atom is 0.312 e. The van der Waals surface area contributed by atoms with Crippen molar-refractivity contribution in [3.63, 3.8) is 0 Å². The Kier molecular flexibility index (Phi) is 34.2. The Morgan fingerprint density at radius 1 is 0.566 bits per heavy atom. The van der Waals surface area contributed by atoms with Gasteiger partial charge in [-0.05, 0) is 80.6 Å². The Labute approximate surface area is 329 Å². The number of carbonyl (C=O) groups excluding carboxylic acids is 3. The van der Waals surface area contributed by atoms with Crippen LogP contribution in [0.2, 0.25) is 0 Å². The van der Waals surface area contributed by atoms with Crippen molar-refractivity contribution in [2.45, 2.75) is 182 Å². The van der Waals surface area contributed by atoms with Gasteiger partial charge in [-0.25, -0.2) is 0 Å². The van der Waals surface area contributed by atoms with Crippen LogP contribution in [0.25, 0.3) is 0 Å². The van der Waals surface area contributed by atoms with Crippen molar-refractivity contribution in [1.29, 1.82) is 0 Å². The highest BCUT2D eigenvalue weighted by atomic mass is 16.6. The molecule has 3 unspecified atom stereocenters. The first-order valence-electron chi connectivity index (χ1n) is 21.4. The van der Waals surface area contributed by atoms with Crippen LogP contribution in [0.1, 0.15) is 175 Å². The molecule has 0 rings (SSSR count). The molecule has 0 aromatic rings. The minimum Gasteiger partial charge on any atom is -0.463 e. The quantitative estimate of drug-likeness (QED) is 0.0510. The standard InChI is InChI=1S/C20H38O4.C13H29N.C12H24O3/c1-13(2)11-17(15(5)6)19(21)23-9-10-24-20(22)18(16(7)8)12-14(3)4;1-12(2)10-8-6-5-7-9-11-14-13(3)4;1-9(2)8-12(5,10(3)4)11(14)15-7-6-13/h13-18H,9-12H2,1-8H3;12-14H,5-11H2,1-4H3;9-10,13H,6-8H2,1-5H3. The number of hydrogen-bond donors (Lipinski definition) is 2. The molecule has 8 heteroatoms. The highest BCUT2D eigenvalue weighted by molar-refractivity contribution is 5.76. The molecule has 0 aliphatic carbocycles. The maximum absolute atomic E-state index is 12.2. The summed E-state index contributed by atoms with van der Waals surface area (Å²) in [7, 11) is 0. The van der Waals surface area contributed by atoms with Crippen molar-refractivity contribution in [1.82, 2.24) is 5.32 Å². The molecule has 0 saturated carbocycles. The second-order valence-electron chi connectivity index (χ2n) is 18.4. The molecule has 0 fully saturated rings. The smallest absolute Gasteiger partial charge is 0.312 e. The molecular weight excluding hydrogens is 666 g/mol. The summed E-state index contributed by atoms with van der Waals surface area (Å²) < 4.78 is 15.7. The Balaban J connectivity index is -0.000000747. The monoisotopic (exact) mass is 758 g/mol.